The zero-order valence-electron chi connectivity index (χ0n) is 8.80. The summed E-state index contributed by atoms with van der Waals surface area (Å²) in [4.78, 5) is 7.44. The van der Waals surface area contributed by atoms with Crippen LogP contribution >= 0.6 is 15.9 Å². The third kappa shape index (κ3) is 3.64. The van der Waals surface area contributed by atoms with Gasteiger partial charge >= 0.3 is 10.8 Å². The highest BCUT2D eigenvalue weighted by atomic mass is 79.9. The first-order chi connectivity index (χ1) is 7.40. The molecule has 0 unspecified atom stereocenters. The predicted molar refractivity (Wildman–Crippen MR) is 54.6 cm³/mol. The second-order valence-corrected chi connectivity index (χ2v) is 4.61. The molecule has 1 aliphatic heterocycles. The summed E-state index contributed by atoms with van der Waals surface area (Å²) in [6.45, 7) is 0.820. The largest absolute Gasteiger partial charge is 0.451 e. The van der Waals surface area contributed by atoms with Gasteiger partial charge in [0, 0.05) is 35.9 Å². The number of esters is 1. The van der Waals surface area contributed by atoms with Crippen LogP contribution in [0.15, 0.2) is 0 Å². The van der Waals surface area contributed by atoms with E-state index >= 15 is 0 Å². The SMILES string of the molecule is COCC1(OC(=O)C(F)(F)Br)CCOCC1. The smallest absolute Gasteiger partial charge is 0.396 e. The van der Waals surface area contributed by atoms with Crippen molar-refractivity contribution in [3.8, 4) is 0 Å². The molecule has 1 aliphatic rings. The van der Waals surface area contributed by atoms with E-state index in [0.29, 0.717) is 26.1 Å². The van der Waals surface area contributed by atoms with Gasteiger partial charge < -0.3 is 14.2 Å². The number of carbonyl (C=O) groups excluding carboxylic acids is 1. The molecule has 0 atom stereocenters. The first-order valence-electron chi connectivity index (χ1n) is 4.76. The Hall–Kier alpha value is -0.270. The van der Waals surface area contributed by atoms with Crippen molar-refractivity contribution in [2.45, 2.75) is 23.3 Å². The fourth-order valence-corrected chi connectivity index (χ4v) is 1.62. The minimum atomic E-state index is -3.66. The van der Waals surface area contributed by atoms with Crippen LogP contribution in [0.2, 0.25) is 0 Å². The van der Waals surface area contributed by atoms with Crippen LogP contribution in [0.3, 0.4) is 0 Å². The fraction of sp³-hybridized carbons (Fsp3) is 0.889. The van der Waals surface area contributed by atoms with Crippen LogP contribution in [0.5, 0.6) is 0 Å². The number of carbonyl (C=O) groups is 1. The van der Waals surface area contributed by atoms with E-state index in [0.717, 1.165) is 0 Å². The molecule has 1 rings (SSSR count). The van der Waals surface area contributed by atoms with Crippen molar-refractivity contribution in [2.75, 3.05) is 26.9 Å². The van der Waals surface area contributed by atoms with Crippen molar-refractivity contribution < 1.29 is 27.8 Å². The lowest BCUT2D eigenvalue weighted by atomic mass is 9.95. The Labute approximate surface area is 100 Å². The molecule has 4 nitrogen and oxygen atoms in total. The number of hydrogen-bond donors (Lipinski definition) is 0. The Morgan fingerprint density at radius 1 is 1.50 bits per heavy atom. The summed E-state index contributed by atoms with van der Waals surface area (Å²) in [5, 5.41) is 0. The van der Waals surface area contributed by atoms with Crippen LogP contribution in [0.25, 0.3) is 0 Å². The lowest BCUT2D eigenvalue weighted by Gasteiger charge is -2.36. The molecule has 0 aromatic rings. The minimum absolute atomic E-state index is 0.0885. The number of alkyl halides is 3. The predicted octanol–water partition coefficient (Wildman–Crippen LogP) is 1.71. The molecule has 0 spiro atoms. The van der Waals surface area contributed by atoms with Gasteiger partial charge in [0.15, 0.2) is 0 Å². The molecule has 1 heterocycles. The molecule has 1 saturated heterocycles. The quantitative estimate of drug-likeness (QED) is 0.586. The van der Waals surface area contributed by atoms with E-state index in [-0.39, 0.29) is 6.61 Å². The molecule has 0 radical (unpaired) electrons. The van der Waals surface area contributed by atoms with Gasteiger partial charge in [0.1, 0.15) is 5.60 Å². The Balaban J connectivity index is 2.67. The maximum absolute atomic E-state index is 12.7. The highest BCUT2D eigenvalue weighted by Gasteiger charge is 2.44. The van der Waals surface area contributed by atoms with Gasteiger partial charge in [0.25, 0.3) is 0 Å². The minimum Gasteiger partial charge on any atom is -0.451 e. The third-order valence-corrected chi connectivity index (χ3v) is 2.68. The first kappa shape index (κ1) is 13.8. The molecule has 0 aromatic heterocycles. The summed E-state index contributed by atoms with van der Waals surface area (Å²) >= 11 is 1.97. The molecule has 7 heteroatoms. The number of halogens is 3. The summed E-state index contributed by atoms with van der Waals surface area (Å²) in [6.07, 6.45) is 0.714. The highest BCUT2D eigenvalue weighted by molar-refractivity contribution is 9.10. The molecule has 0 bridgehead atoms. The normalized spacial score (nSPS) is 20.5. The highest BCUT2D eigenvalue weighted by Crippen LogP contribution is 2.31. The van der Waals surface area contributed by atoms with Gasteiger partial charge in [0.05, 0.1) is 19.8 Å². The Morgan fingerprint density at radius 2 is 2.06 bits per heavy atom. The second-order valence-electron chi connectivity index (χ2n) is 3.62. The summed E-state index contributed by atoms with van der Waals surface area (Å²) in [7, 11) is 1.43. The summed E-state index contributed by atoms with van der Waals surface area (Å²) in [6, 6.07) is 0. The van der Waals surface area contributed by atoms with Crippen molar-refractivity contribution in [3.63, 3.8) is 0 Å². The molecule has 0 N–H and O–H groups in total. The van der Waals surface area contributed by atoms with Gasteiger partial charge in [-0.2, -0.15) is 8.78 Å². The first-order valence-corrected chi connectivity index (χ1v) is 5.56. The van der Waals surface area contributed by atoms with E-state index in [9.17, 15) is 13.6 Å². The Bertz CT molecular complexity index is 243. The Kier molecular flexibility index (Phi) is 4.63. The summed E-state index contributed by atoms with van der Waals surface area (Å²) in [5.41, 5.74) is -0.999. The van der Waals surface area contributed by atoms with E-state index in [4.69, 9.17) is 14.2 Å². The Morgan fingerprint density at radius 3 is 2.50 bits per heavy atom. The molecule has 94 valence electrons. The standard InChI is InChI=1S/C9H13BrF2O4/c1-14-6-8(2-4-15-5-3-8)16-7(13)9(10,11)12/h2-6H2,1H3. The van der Waals surface area contributed by atoms with Crippen LogP contribution in [-0.4, -0.2) is 43.3 Å². The van der Waals surface area contributed by atoms with Crippen molar-refractivity contribution >= 4 is 21.9 Å². The van der Waals surface area contributed by atoms with Gasteiger partial charge in [-0.15, -0.1) is 0 Å². The van der Waals surface area contributed by atoms with Gasteiger partial charge in [-0.3, -0.25) is 0 Å². The van der Waals surface area contributed by atoms with Crippen LogP contribution in [0, 0.1) is 0 Å². The van der Waals surface area contributed by atoms with Crippen molar-refractivity contribution in [1.29, 1.82) is 0 Å². The molecule has 1 fully saturated rings. The zero-order valence-corrected chi connectivity index (χ0v) is 10.4. The van der Waals surface area contributed by atoms with Gasteiger partial charge in [-0.05, 0) is 0 Å². The van der Waals surface area contributed by atoms with E-state index < -0.39 is 16.4 Å². The van der Waals surface area contributed by atoms with E-state index in [1.807, 2.05) is 15.9 Å². The monoisotopic (exact) mass is 302 g/mol. The molecule has 16 heavy (non-hydrogen) atoms. The number of hydrogen-bond acceptors (Lipinski definition) is 4. The molecule has 0 aliphatic carbocycles. The van der Waals surface area contributed by atoms with E-state index in [2.05, 4.69) is 0 Å². The maximum atomic E-state index is 12.7. The summed E-state index contributed by atoms with van der Waals surface area (Å²) in [5.74, 6) is -1.59. The average Bonchev–Trinajstić information content (AvgIpc) is 2.17. The zero-order chi connectivity index (χ0) is 12.2. The van der Waals surface area contributed by atoms with Crippen LogP contribution in [0.1, 0.15) is 12.8 Å². The van der Waals surface area contributed by atoms with Crippen LogP contribution < -0.4 is 0 Å². The number of methoxy groups -OCH3 is 1. The summed E-state index contributed by atoms with van der Waals surface area (Å²) < 4.78 is 40.1. The van der Waals surface area contributed by atoms with Crippen molar-refractivity contribution in [1.82, 2.24) is 0 Å². The maximum Gasteiger partial charge on any atom is 0.396 e. The van der Waals surface area contributed by atoms with E-state index in [1.54, 1.807) is 0 Å². The molecule has 0 amide bonds. The number of rotatable bonds is 4. The molecule has 0 aromatic carbocycles. The third-order valence-electron chi connectivity index (χ3n) is 2.35. The lowest BCUT2D eigenvalue weighted by molar-refractivity contribution is -0.191. The molecule has 0 saturated carbocycles. The van der Waals surface area contributed by atoms with Crippen LogP contribution in [-0.2, 0) is 19.0 Å². The van der Waals surface area contributed by atoms with E-state index in [1.165, 1.54) is 7.11 Å². The van der Waals surface area contributed by atoms with Crippen molar-refractivity contribution in [2.24, 2.45) is 0 Å². The average molecular weight is 303 g/mol. The molecular weight excluding hydrogens is 290 g/mol. The van der Waals surface area contributed by atoms with Gasteiger partial charge in [-0.1, -0.05) is 0 Å². The van der Waals surface area contributed by atoms with Gasteiger partial charge in [0.2, 0.25) is 0 Å². The second kappa shape index (κ2) is 5.37. The van der Waals surface area contributed by atoms with Gasteiger partial charge in [-0.25, -0.2) is 4.79 Å². The fourth-order valence-electron chi connectivity index (χ4n) is 1.54. The topological polar surface area (TPSA) is 44.8 Å². The van der Waals surface area contributed by atoms with Crippen molar-refractivity contribution in [3.05, 3.63) is 0 Å². The van der Waals surface area contributed by atoms with Crippen LogP contribution in [0.4, 0.5) is 8.78 Å². The number of ether oxygens (including phenoxy) is 3. The molecular formula is C9H13BrF2O4. The lowest BCUT2D eigenvalue weighted by Crippen LogP contribution is -2.47.